The molecule has 0 radical (unpaired) electrons. The molecule has 1 aliphatic heterocycles. The molecule has 0 bridgehead atoms. The van der Waals surface area contributed by atoms with Crippen LogP contribution in [-0.2, 0) is 23.6 Å². The van der Waals surface area contributed by atoms with Crippen molar-refractivity contribution in [1.82, 2.24) is 28.4 Å². The Balaban J connectivity index is 1.69. The zero-order valence-corrected chi connectivity index (χ0v) is 17.1. The van der Waals surface area contributed by atoms with E-state index < -0.39 is 10.0 Å². The van der Waals surface area contributed by atoms with Gasteiger partial charge in [0.05, 0.1) is 12.6 Å². The summed E-state index contributed by atoms with van der Waals surface area (Å²) < 4.78 is 31.9. The molecule has 1 aliphatic rings. The summed E-state index contributed by atoms with van der Waals surface area (Å²) in [6.07, 6.45) is 8.49. The minimum absolute atomic E-state index is 0.0986. The summed E-state index contributed by atoms with van der Waals surface area (Å²) >= 11 is 0. The van der Waals surface area contributed by atoms with E-state index in [-0.39, 0.29) is 11.1 Å². The number of rotatable bonds is 5. The van der Waals surface area contributed by atoms with Gasteiger partial charge in [0.25, 0.3) is 10.0 Å². The summed E-state index contributed by atoms with van der Waals surface area (Å²) in [6.45, 7) is 4.87. The maximum atomic E-state index is 13.3. The summed E-state index contributed by atoms with van der Waals surface area (Å²) in [7, 11) is -1.88. The van der Waals surface area contributed by atoms with Crippen molar-refractivity contribution in [2.75, 3.05) is 6.54 Å². The smallest absolute Gasteiger partial charge is 0.262 e. The molecular weight excluding hydrogens is 376 g/mol. The molecule has 1 saturated heterocycles. The van der Waals surface area contributed by atoms with Crippen LogP contribution in [0.25, 0.3) is 0 Å². The Hall–Kier alpha value is -2.52. The molecule has 0 N–H and O–H groups in total. The first-order valence-corrected chi connectivity index (χ1v) is 10.7. The Labute approximate surface area is 164 Å². The van der Waals surface area contributed by atoms with Gasteiger partial charge in [-0.15, -0.1) is 0 Å². The summed E-state index contributed by atoms with van der Waals surface area (Å²) in [5.41, 5.74) is 2.05. The molecule has 148 valence electrons. The number of aryl methyl sites for hydroxylation is 3. The highest BCUT2D eigenvalue weighted by atomic mass is 32.2. The van der Waals surface area contributed by atoms with Crippen molar-refractivity contribution in [1.29, 1.82) is 0 Å². The van der Waals surface area contributed by atoms with Crippen LogP contribution in [0.15, 0.2) is 41.9 Å². The molecule has 9 heteroatoms. The second-order valence-corrected chi connectivity index (χ2v) is 9.05. The highest BCUT2D eigenvalue weighted by molar-refractivity contribution is 7.89. The third-order valence-electron chi connectivity index (χ3n) is 5.31. The van der Waals surface area contributed by atoms with Crippen LogP contribution in [0.5, 0.6) is 0 Å². The van der Waals surface area contributed by atoms with Crippen molar-refractivity contribution in [3.63, 3.8) is 0 Å². The van der Waals surface area contributed by atoms with Crippen molar-refractivity contribution in [2.24, 2.45) is 7.05 Å². The van der Waals surface area contributed by atoms with Crippen LogP contribution in [0.1, 0.15) is 41.8 Å². The van der Waals surface area contributed by atoms with Crippen molar-refractivity contribution < 1.29 is 8.42 Å². The number of pyridine rings is 1. The van der Waals surface area contributed by atoms with E-state index in [1.54, 1.807) is 41.4 Å². The third kappa shape index (κ3) is 3.24. The van der Waals surface area contributed by atoms with Gasteiger partial charge in [0.2, 0.25) is 0 Å². The van der Waals surface area contributed by atoms with Gasteiger partial charge in [-0.1, -0.05) is 6.07 Å². The summed E-state index contributed by atoms with van der Waals surface area (Å²) in [5.74, 6) is 1.44. The van der Waals surface area contributed by atoms with Gasteiger partial charge in [0.15, 0.2) is 5.03 Å². The molecule has 0 amide bonds. The standard InChI is InChI=1S/C19H24N6O2S/c1-14-10-21-19(24(14)12-16-6-4-8-20-11-16)17-7-5-9-25(17)28(26,27)18-13-23(3)15(2)22-18/h4,6,8,10-11,13,17H,5,7,9,12H2,1-3H3. The van der Waals surface area contributed by atoms with Crippen molar-refractivity contribution in [3.05, 3.63) is 59.8 Å². The van der Waals surface area contributed by atoms with Crippen LogP contribution in [0.4, 0.5) is 0 Å². The Morgan fingerprint density at radius 1 is 1.25 bits per heavy atom. The van der Waals surface area contributed by atoms with Gasteiger partial charge in [0, 0.05) is 44.1 Å². The van der Waals surface area contributed by atoms with Crippen LogP contribution < -0.4 is 0 Å². The number of imidazole rings is 2. The second-order valence-electron chi connectivity index (χ2n) is 7.22. The predicted molar refractivity (Wildman–Crippen MR) is 104 cm³/mol. The molecule has 4 rings (SSSR count). The minimum atomic E-state index is -3.68. The first-order chi connectivity index (χ1) is 13.4. The van der Waals surface area contributed by atoms with Crippen LogP contribution >= 0.6 is 0 Å². The van der Waals surface area contributed by atoms with Gasteiger partial charge >= 0.3 is 0 Å². The van der Waals surface area contributed by atoms with E-state index in [9.17, 15) is 8.42 Å². The summed E-state index contributed by atoms with van der Waals surface area (Å²) in [4.78, 5) is 13.0. The average molecular weight is 401 g/mol. The van der Waals surface area contributed by atoms with Gasteiger partial charge in [-0.25, -0.2) is 18.4 Å². The summed E-state index contributed by atoms with van der Waals surface area (Å²) in [5, 5.41) is 0.0986. The molecule has 1 fully saturated rings. The lowest BCUT2D eigenvalue weighted by Crippen LogP contribution is -2.32. The first-order valence-electron chi connectivity index (χ1n) is 9.30. The zero-order valence-electron chi connectivity index (χ0n) is 16.3. The average Bonchev–Trinajstić information content (AvgIpc) is 3.37. The highest BCUT2D eigenvalue weighted by Gasteiger charge is 2.39. The third-order valence-corrected chi connectivity index (χ3v) is 7.09. The Kier molecular flexibility index (Phi) is 4.80. The van der Waals surface area contributed by atoms with E-state index in [0.29, 0.717) is 18.9 Å². The maximum absolute atomic E-state index is 13.3. The quantitative estimate of drug-likeness (QED) is 0.655. The van der Waals surface area contributed by atoms with E-state index in [1.807, 2.05) is 25.3 Å². The van der Waals surface area contributed by atoms with Crippen LogP contribution in [-0.4, -0.2) is 43.4 Å². The maximum Gasteiger partial charge on any atom is 0.262 e. The van der Waals surface area contributed by atoms with Crippen LogP contribution in [0.2, 0.25) is 0 Å². The fourth-order valence-electron chi connectivity index (χ4n) is 3.68. The molecule has 0 aliphatic carbocycles. The SMILES string of the molecule is Cc1nc(S(=O)(=O)N2CCCC2c2ncc(C)n2Cc2cccnc2)cn1C. The van der Waals surface area contributed by atoms with E-state index in [2.05, 4.69) is 19.5 Å². The number of aromatic nitrogens is 5. The summed E-state index contributed by atoms with van der Waals surface area (Å²) in [6, 6.07) is 3.62. The molecule has 1 atom stereocenters. The van der Waals surface area contributed by atoms with Crippen molar-refractivity contribution in [2.45, 2.75) is 44.3 Å². The molecule has 0 aromatic carbocycles. The van der Waals surface area contributed by atoms with E-state index >= 15 is 0 Å². The number of sulfonamides is 1. The molecule has 3 aromatic rings. The minimum Gasteiger partial charge on any atom is -0.337 e. The number of hydrogen-bond donors (Lipinski definition) is 0. The molecule has 3 aromatic heterocycles. The van der Waals surface area contributed by atoms with Gasteiger partial charge in [-0.3, -0.25) is 4.98 Å². The highest BCUT2D eigenvalue weighted by Crippen LogP contribution is 2.36. The molecular formula is C19H24N6O2S. The van der Waals surface area contributed by atoms with Crippen molar-refractivity contribution >= 4 is 10.0 Å². The number of hydrogen-bond acceptors (Lipinski definition) is 5. The van der Waals surface area contributed by atoms with Crippen molar-refractivity contribution in [3.8, 4) is 0 Å². The molecule has 0 saturated carbocycles. The molecule has 28 heavy (non-hydrogen) atoms. The molecule has 1 unspecified atom stereocenters. The topological polar surface area (TPSA) is 85.9 Å². The molecule has 4 heterocycles. The van der Waals surface area contributed by atoms with Gasteiger partial charge in [0.1, 0.15) is 11.6 Å². The van der Waals surface area contributed by atoms with Gasteiger partial charge in [-0.2, -0.15) is 4.31 Å². The lowest BCUT2D eigenvalue weighted by atomic mass is 10.2. The van der Waals surface area contributed by atoms with Crippen LogP contribution in [0, 0.1) is 13.8 Å². The van der Waals surface area contributed by atoms with E-state index in [0.717, 1.165) is 29.9 Å². The Morgan fingerprint density at radius 3 is 2.75 bits per heavy atom. The fraction of sp³-hybridized carbons (Fsp3) is 0.421. The lowest BCUT2D eigenvalue weighted by molar-refractivity contribution is 0.373. The fourth-order valence-corrected chi connectivity index (χ4v) is 5.37. The first kappa shape index (κ1) is 18.8. The van der Waals surface area contributed by atoms with Gasteiger partial charge in [-0.05, 0) is 38.3 Å². The molecule has 0 spiro atoms. The van der Waals surface area contributed by atoms with E-state index in [1.165, 1.54) is 0 Å². The zero-order chi connectivity index (χ0) is 19.9. The largest absolute Gasteiger partial charge is 0.337 e. The Bertz CT molecular complexity index is 1070. The second kappa shape index (κ2) is 7.14. The number of nitrogens with zero attached hydrogens (tertiary/aromatic N) is 6. The normalized spacial score (nSPS) is 18.0. The molecule has 8 nitrogen and oxygen atoms in total. The predicted octanol–water partition coefficient (Wildman–Crippen LogP) is 2.20. The van der Waals surface area contributed by atoms with E-state index in [4.69, 9.17) is 0 Å². The van der Waals surface area contributed by atoms with Crippen LogP contribution in [0.3, 0.4) is 0 Å². The monoisotopic (exact) mass is 400 g/mol. The Morgan fingerprint density at radius 2 is 2.07 bits per heavy atom. The lowest BCUT2D eigenvalue weighted by Gasteiger charge is -2.24. The van der Waals surface area contributed by atoms with Gasteiger partial charge < -0.3 is 9.13 Å².